The summed E-state index contributed by atoms with van der Waals surface area (Å²) in [6.07, 6.45) is 7.40. The zero-order chi connectivity index (χ0) is 9.54. The van der Waals surface area contributed by atoms with E-state index in [1.165, 1.54) is 12.8 Å². The number of nitrogens with zero attached hydrogens (tertiary/aromatic N) is 2. The van der Waals surface area contributed by atoms with Crippen molar-refractivity contribution in [3.8, 4) is 0 Å². The Morgan fingerprint density at radius 2 is 2.29 bits per heavy atom. The van der Waals surface area contributed by atoms with Crippen molar-refractivity contribution in [2.75, 3.05) is 0 Å². The number of hydrogen-bond donors (Lipinski definition) is 1. The molecule has 1 N–H and O–H groups in total. The van der Waals surface area contributed by atoms with Crippen molar-refractivity contribution >= 4 is 27.0 Å². The number of nitrogens with one attached hydrogen (secondary N) is 1. The van der Waals surface area contributed by atoms with E-state index in [2.05, 4.69) is 30.9 Å². The van der Waals surface area contributed by atoms with Crippen LogP contribution in [0.5, 0.6) is 0 Å². The number of rotatable bonds is 2. The van der Waals surface area contributed by atoms with Gasteiger partial charge in [-0.2, -0.15) is 0 Å². The minimum Gasteiger partial charge on any atom is -0.341 e. The molecule has 0 aliphatic heterocycles. The molecule has 0 radical (unpaired) electrons. The molecule has 1 fully saturated rings. The molecule has 0 unspecified atom stereocenters. The largest absolute Gasteiger partial charge is 0.341 e. The first-order valence-corrected chi connectivity index (χ1v) is 5.60. The average molecular weight is 252 g/mol. The fourth-order valence-electron chi connectivity index (χ4n) is 1.64. The van der Waals surface area contributed by atoms with Crippen LogP contribution in [0.25, 0.3) is 11.0 Å². The van der Waals surface area contributed by atoms with E-state index in [0.29, 0.717) is 0 Å². The zero-order valence-corrected chi connectivity index (χ0v) is 9.21. The maximum atomic E-state index is 4.55. The molecule has 0 amide bonds. The normalized spacial score (nSPS) is 16.4. The van der Waals surface area contributed by atoms with Gasteiger partial charge in [0.25, 0.3) is 0 Å². The Labute approximate surface area is 90.1 Å². The Hall–Kier alpha value is -0.900. The molecule has 0 bridgehead atoms. The summed E-state index contributed by atoms with van der Waals surface area (Å²) in [7, 11) is 0. The molecule has 14 heavy (non-hydrogen) atoms. The van der Waals surface area contributed by atoms with Crippen LogP contribution in [-0.2, 0) is 6.42 Å². The van der Waals surface area contributed by atoms with E-state index in [1.807, 2.05) is 6.20 Å². The highest BCUT2D eigenvalue weighted by molar-refractivity contribution is 9.10. The predicted molar refractivity (Wildman–Crippen MR) is 58.0 cm³/mol. The highest BCUT2D eigenvalue weighted by Crippen LogP contribution is 2.32. The number of fused-ring (bicyclic) bond motifs is 1. The number of pyridine rings is 1. The summed E-state index contributed by atoms with van der Waals surface area (Å²) in [6, 6.07) is 0. The summed E-state index contributed by atoms with van der Waals surface area (Å²) >= 11 is 3.45. The Kier molecular flexibility index (Phi) is 1.83. The first-order chi connectivity index (χ1) is 6.83. The van der Waals surface area contributed by atoms with E-state index in [1.54, 1.807) is 6.20 Å². The standard InChI is InChI=1S/C10H10BrN3/c11-7-4-12-5-8-10(7)14-9(13-8)3-6-1-2-6/h4-6H,1-3H2,(H,13,14). The maximum absolute atomic E-state index is 4.55. The van der Waals surface area contributed by atoms with Crippen LogP contribution in [0.3, 0.4) is 0 Å². The molecular formula is C10H10BrN3. The second-order valence-electron chi connectivity index (χ2n) is 3.85. The number of hydrogen-bond acceptors (Lipinski definition) is 2. The smallest absolute Gasteiger partial charge is 0.107 e. The molecule has 1 aliphatic rings. The van der Waals surface area contributed by atoms with Gasteiger partial charge >= 0.3 is 0 Å². The summed E-state index contributed by atoms with van der Waals surface area (Å²) in [5.41, 5.74) is 2.02. The van der Waals surface area contributed by atoms with E-state index in [9.17, 15) is 0 Å². The van der Waals surface area contributed by atoms with Gasteiger partial charge in [0.15, 0.2) is 0 Å². The molecule has 72 valence electrons. The van der Waals surface area contributed by atoms with Crippen molar-refractivity contribution in [2.24, 2.45) is 5.92 Å². The fraction of sp³-hybridized carbons (Fsp3) is 0.400. The van der Waals surface area contributed by atoms with Gasteiger partial charge in [0.05, 0.1) is 16.2 Å². The van der Waals surface area contributed by atoms with Crippen LogP contribution >= 0.6 is 15.9 Å². The van der Waals surface area contributed by atoms with Crippen LogP contribution < -0.4 is 0 Å². The van der Waals surface area contributed by atoms with E-state index < -0.39 is 0 Å². The Bertz CT molecular complexity index is 473. The minimum absolute atomic E-state index is 0.863. The highest BCUT2D eigenvalue weighted by Gasteiger charge is 2.23. The molecule has 0 aromatic carbocycles. The SMILES string of the molecule is Brc1cncc2[nH]c(CC3CC3)nc12. The second kappa shape index (κ2) is 3.05. The van der Waals surface area contributed by atoms with Crippen molar-refractivity contribution in [3.63, 3.8) is 0 Å². The highest BCUT2D eigenvalue weighted by atomic mass is 79.9. The summed E-state index contributed by atoms with van der Waals surface area (Å²) in [5.74, 6) is 1.96. The van der Waals surface area contributed by atoms with Gasteiger partial charge < -0.3 is 4.98 Å². The number of aromatic nitrogens is 3. The lowest BCUT2D eigenvalue weighted by Crippen LogP contribution is -1.88. The Balaban J connectivity index is 2.05. The summed E-state index contributed by atoms with van der Waals surface area (Å²) < 4.78 is 0.966. The molecule has 0 atom stereocenters. The van der Waals surface area contributed by atoms with Gasteiger partial charge in [-0.05, 0) is 34.7 Å². The maximum Gasteiger partial charge on any atom is 0.107 e. The number of halogens is 1. The number of H-pyrrole nitrogens is 1. The molecule has 1 saturated carbocycles. The van der Waals surface area contributed by atoms with Gasteiger partial charge in [-0.1, -0.05) is 0 Å². The first-order valence-electron chi connectivity index (χ1n) is 4.81. The average Bonchev–Trinajstić information content (AvgIpc) is 2.84. The Morgan fingerprint density at radius 1 is 1.43 bits per heavy atom. The van der Waals surface area contributed by atoms with Gasteiger partial charge in [-0.15, -0.1) is 0 Å². The Morgan fingerprint density at radius 3 is 3.00 bits per heavy atom. The lowest BCUT2D eigenvalue weighted by Gasteiger charge is -1.89. The lowest BCUT2D eigenvalue weighted by atomic mass is 10.3. The lowest BCUT2D eigenvalue weighted by molar-refractivity contribution is 0.787. The minimum atomic E-state index is 0.863. The number of imidazole rings is 1. The quantitative estimate of drug-likeness (QED) is 0.892. The van der Waals surface area contributed by atoms with Crippen LogP contribution in [0, 0.1) is 5.92 Å². The molecule has 4 heteroatoms. The van der Waals surface area contributed by atoms with Crippen LogP contribution in [-0.4, -0.2) is 15.0 Å². The van der Waals surface area contributed by atoms with Crippen LogP contribution in [0.2, 0.25) is 0 Å². The summed E-state index contributed by atoms with van der Waals surface area (Å²) in [5, 5.41) is 0. The molecule has 2 aromatic heterocycles. The topological polar surface area (TPSA) is 41.6 Å². The molecular weight excluding hydrogens is 242 g/mol. The van der Waals surface area contributed by atoms with Gasteiger partial charge in [0, 0.05) is 12.6 Å². The summed E-state index contributed by atoms with van der Waals surface area (Å²) in [4.78, 5) is 12.0. The van der Waals surface area contributed by atoms with Crippen LogP contribution in [0.15, 0.2) is 16.9 Å². The van der Waals surface area contributed by atoms with E-state index in [0.717, 1.165) is 33.7 Å². The second-order valence-corrected chi connectivity index (χ2v) is 4.70. The molecule has 2 aromatic rings. The monoisotopic (exact) mass is 251 g/mol. The molecule has 2 heterocycles. The van der Waals surface area contributed by atoms with Gasteiger partial charge in [0.1, 0.15) is 11.3 Å². The van der Waals surface area contributed by atoms with E-state index in [4.69, 9.17) is 0 Å². The van der Waals surface area contributed by atoms with E-state index in [-0.39, 0.29) is 0 Å². The molecule has 1 aliphatic carbocycles. The fourth-order valence-corrected chi connectivity index (χ4v) is 2.06. The van der Waals surface area contributed by atoms with Gasteiger partial charge in [-0.3, -0.25) is 4.98 Å². The van der Waals surface area contributed by atoms with Crippen molar-refractivity contribution in [2.45, 2.75) is 19.3 Å². The summed E-state index contributed by atoms with van der Waals surface area (Å²) in [6.45, 7) is 0. The van der Waals surface area contributed by atoms with Crippen LogP contribution in [0.1, 0.15) is 18.7 Å². The third kappa shape index (κ3) is 1.43. The molecule has 0 spiro atoms. The van der Waals surface area contributed by atoms with Crippen LogP contribution in [0.4, 0.5) is 0 Å². The van der Waals surface area contributed by atoms with Crippen molar-refractivity contribution < 1.29 is 0 Å². The molecule has 3 rings (SSSR count). The van der Waals surface area contributed by atoms with Crippen molar-refractivity contribution in [1.82, 2.24) is 15.0 Å². The molecule has 0 saturated heterocycles. The van der Waals surface area contributed by atoms with E-state index >= 15 is 0 Å². The van der Waals surface area contributed by atoms with Gasteiger partial charge in [0.2, 0.25) is 0 Å². The number of aromatic amines is 1. The van der Waals surface area contributed by atoms with Gasteiger partial charge in [-0.25, -0.2) is 4.98 Å². The van der Waals surface area contributed by atoms with Crippen molar-refractivity contribution in [1.29, 1.82) is 0 Å². The predicted octanol–water partition coefficient (Wildman–Crippen LogP) is 2.67. The van der Waals surface area contributed by atoms with Crippen molar-refractivity contribution in [3.05, 3.63) is 22.7 Å². The first kappa shape index (κ1) is 8.41. The third-order valence-corrected chi connectivity index (χ3v) is 3.16. The zero-order valence-electron chi connectivity index (χ0n) is 7.63. The third-order valence-electron chi connectivity index (χ3n) is 2.58. The molecule has 3 nitrogen and oxygen atoms in total.